The lowest BCUT2D eigenvalue weighted by molar-refractivity contribution is -0.143. The fourth-order valence-electron chi connectivity index (χ4n) is 1.97. The van der Waals surface area contributed by atoms with Crippen molar-refractivity contribution >= 4 is 21.7 Å². The molecule has 6 heteroatoms. The molecular formula is C14H12BrF3O2. The Morgan fingerprint density at radius 2 is 1.95 bits per heavy atom. The third-order valence-corrected chi connectivity index (χ3v) is 3.50. The number of Topliss-reactive ketones (excluding diaryl/α,β-unsaturated/α-hetero) is 1. The molecule has 1 aliphatic heterocycles. The molecule has 1 heterocycles. The van der Waals surface area contributed by atoms with Crippen molar-refractivity contribution in [3.63, 3.8) is 0 Å². The lowest BCUT2D eigenvalue weighted by Crippen LogP contribution is -2.26. The molecule has 0 saturated heterocycles. The first-order valence-electron chi connectivity index (χ1n) is 6.09. The number of ketones is 1. The zero-order valence-corrected chi connectivity index (χ0v) is 12.0. The van der Waals surface area contributed by atoms with Gasteiger partial charge in [-0.05, 0) is 31.1 Å². The molecule has 2 rings (SSSR count). The highest BCUT2D eigenvalue weighted by Crippen LogP contribution is 2.32. The van der Waals surface area contributed by atoms with E-state index in [1.54, 1.807) is 24.3 Å². The molecule has 0 saturated carbocycles. The van der Waals surface area contributed by atoms with Gasteiger partial charge in [0.25, 0.3) is 0 Å². The summed E-state index contributed by atoms with van der Waals surface area (Å²) < 4.78 is 43.3. The Morgan fingerprint density at radius 1 is 1.30 bits per heavy atom. The monoisotopic (exact) mass is 348 g/mol. The number of allylic oxidation sites excluding steroid dienone is 2. The van der Waals surface area contributed by atoms with Gasteiger partial charge in [0.05, 0.1) is 0 Å². The molecule has 1 atom stereocenters. The Balaban J connectivity index is 1.99. The average Bonchev–Trinajstić information content (AvgIpc) is 2.38. The van der Waals surface area contributed by atoms with Crippen LogP contribution in [0.2, 0.25) is 0 Å². The van der Waals surface area contributed by atoms with E-state index in [0.29, 0.717) is 12.0 Å². The average molecular weight is 349 g/mol. The molecule has 0 aromatic heterocycles. The molecule has 0 amide bonds. The Bertz CT molecular complexity index is 520. The van der Waals surface area contributed by atoms with Crippen molar-refractivity contribution in [1.29, 1.82) is 0 Å². The number of carbonyl (C=O) groups excluding carboxylic acids is 1. The Labute approximate surface area is 122 Å². The van der Waals surface area contributed by atoms with E-state index in [1.165, 1.54) is 0 Å². The Kier molecular flexibility index (Phi) is 4.52. The molecule has 20 heavy (non-hydrogen) atoms. The molecule has 0 N–H and O–H groups in total. The highest BCUT2D eigenvalue weighted by molar-refractivity contribution is 9.10. The van der Waals surface area contributed by atoms with Gasteiger partial charge in [0.2, 0.25) is 0 Å². The zero-order chi connectivity index (χ0) is 14.8. The van der Waals surface area contributed by atoms with Crippen molar-refractivity contribution in [3.8, 4) is 0 Å². The van der Waals surface area contributed by atoms with Gasteiger partial charge in [0.1, 0.15) is 6.10 Å². The van der Waals surface area contributed by atoms with Gasteiger partial charge in [-0.25, -0.2) is 0 Å². The number of halogens is 4. The lowest BCUT2D eigenvalue weighted by Gasteiger charge is -2.25. The van der Waals surface area contributed by atoms with E-state index in [-0.39, 0.29) is 18.6 Å². The van der Waals surface area contributed by atoms with Gasteiger partial charge in [-0.3, -0.25) is 4.79 Å². The molecule has 0 aliphatic carbocycles. The van der Waals surface area contributed by atoms with E-state index in [4.69, 9.17) is 4.74 Å². The summed E-state index contributed by atoms with van der Waals surface area (Å²) in [6, 6.07) is 6.71. The highest BCUT2D eigenvalue weighted by atomic mass is 79.9. The summed E-state index contributed by atoms with van der Waals surface area (Å²) in [5.74, 6) is -1.21. The molecule has 0 radical (unpaired) electrons. The maximum Gasteiger partial charge on any atom is 0.448 e. The van der Waals surface area contributed by atoms with E-state index in [1.807, 2.05) is 0 Å². The summed E-state index contributed by atoms with van der Waals surface area (Å²) in [5, 5.41) is 0. The Hall–Kier alpha value is -1.30. The van der Waals surface area contributed by atoms with Crippen LogP contribution in [0.15, 0.2) is 40.6 Å². The molecule has 0 fully saturated rings. The van der Waals surface area contributed by atoms with Crippen LogP contribution >= 0.6 is 15.9 Å². The first-order valence-corrected chi connectivity index (χ1v) is 6.88. The van der Waals surface area contributed by atoms with E-state index >= 15 is 0 Å². The largest absolute Gasteiger partial charge is 0.485 e. The summed E-state index contributed by atoms with van der Waals surface area (Å²) >= 11 is 3.25. The molecule has 1 aromatic rings. The van der Waals surface area contributed by atoms with Crippen molar-refractivity contribution in [2.45, 2.75) is 31.5 Å². The fraction of sp³-hybridized carbons (Fsp3) is 0.357. The quantitative estimate of drug-likeness (QED) is 0.743. The predicted octanol–water partition coefficient (Wildman–Crippen LogP) is 4.65. The number of benzene rings is 1. The van der Waals surface area contributed by atoms with Crippen molar-refractivity contribution < 1.29 is 22.7 Å². The van der Waals surface area contributed by atoms with E-state index in [9.17, 15) is 18.0 Å². The van der Waals surface area contributed by atoms with Crippen LogP contribution in [-0.4, -0.2) is 18.1 Å². The van der Waals surface area contributed by atoms with Gasteiger partial charge in [0.15, 0.2) is 11.5 Å². The second-order valence-corrected chi connectivity index (χ2v) is 5.43. The van der Waals surface area contributed by atoms with Crippen LogP contribution in [0, 0.1) is 0 Å². The minimum atomic E-state index is -4.49. The van der Waals surface area contributed by atoms with Gasteiger partial charge in [-0.1, -0.05) is 28.1 Å². The molecular weight excluding hydrogens is 337 g/mol. The summed E-state index contributed by atoms with van der Waals surface area (Å²) in [4.78, 5) is 12.0. The number of alkyl halides is 3. The topological polar surface area (TPSA) is 26.3 Å². The number of carbonyl (C=O) groups is 1. The molecule has 0 spiro atoms. The number of hydrogen-bond donors (Lipinski definition) is 0. The standard InChI is InChI=1S/C14H12BrF3O2/c15-10-6-4-9(5-7-10)12(19)8-11-2-1-3-13(20-11)14(16,17)18/h3-7,11H,1-2,8H2/t11-/m1/s1. The second-order valence-electron chi connectivity index (χ2n) is 4.52. The number of rotatable bonds is 3. The molecule has 1 aromatic carbocycles. The summed E-state index contributed by atoms with van der Waals surface area (Å²) in [7, 11) is 0. The van der Waals surface area contributed by atoms with Gasteiger partial charge in [0, 0.05) is 16.5 Å². The van der Waals surface area contributed by atoms with Gasteiger partial charge in [-0.15, -0.1) is 0 Å². The molecule has 1 aliphatic rings. The smallest absolute Gasteiger partial charge is 0.448 e. The number of ether oxygens (including phenoxy) is 1. The van der Waals surface area contributed by atoms with Crippen LogP contribution in [0.1, 0.15) is 29.6 Å². The second kappa shape index (κ2) is 5.99. The summed E-state index contributed by atoms with van der Waals surface area (Å²) in [6.07, 6.45) is -3.53. The molecule has 108 valence electrons. The van der Waals surface area contributed by atoms with Gasteiger partial charge < -0.3 is 4.74 Å². The maximum atomic E-state index is 12.5. The van der Waals surface area contributed by atoms with Crippen molar-refractivity contribution in [1.82, 2.24) is 0 Å². The first kappa shape index (κ1) is 15.1. The minimum Gasteiger partial charge on any atom is -0.485 e. The third kappa shape index (κ3) is 3.85. The van der Waals surface area contributed by atoms with Crippen molar-refractivity contribution in [2.75, 3.05) is 0 Å². The molecule has 0 unspecified atom stereocenters. The normalized spacial score (nSPS) is 19.2. The highest BCUT2D eigenvalue weighted by Gasteiger charge is 2.38. The van der Waals surface area contributed by atoms with Gasteiger partial charge >= 0.3 is 6.18 Å². The van der Waals surface area contributed by atoms with Crippen LogP contribution in [-0.2, 0) is 4.74 Å². The van der Waals surface area contributed by atoms with Crippen LogP contribution in [0.25, 0.3) is 0 Å². The SMILES string of the molecule is O=C(C[C@H]1CCC=C(C(F)(F)F)O1)c1ccc(Br)cc1. The van der Waals surface area contributed by atoms with Crippen molar-refractivity contribution in [3.05, 3.63) is 46.1 Å². The zero-order valence-electron chi connectivity index (χ0n) is 10.4. The minimum absolute atomic E-state index is 0.0466. The van der Waals surface area contributed by atoms with Crippen LogP contribution in [0.4, 0.5) is 13.2 Å². The lowest BCUT2D eigenvalue weighted by atomic mass is 10.0. The summed E-state index contributed by atoms with van der Waals surface area (Å²) in [6.45, 7) is 0. The van der Waals surface area contributed by atoms with Crippen LogP contribution in [0.3, 0.4) is 0 Å². The summed E-state index contributed by atoms with van der Waals surface area (Å²) in [5.41, 5.74) is 0.472. The van der Waals surface area contributed by atoms with Crippen LogP contribution in [0.5, 0.6) is 0 Å². The fourth-order valence-corrected chi connectivity index (χ4v) is 2.24. The molecule has 2 nitrogen and oxygen atoms in total. The van der Waals surface area contributed by atoms with E-state index in [2.05, 4.69) is 15.9 Å². The number of hydrogen-bond acceptors (Lipinski definition) is 2. The third-order valence-electron chi connectivity index (χ3n) is 2.97. The van der Waals surface area contributed by atoms with Crippen LogP contribution < -0.4 is 0 Å². The van der Waals surface area contributed by atoms with Gasteiger partial charge in [-0.2, -0.15) is 13.2 Å². The maximum absolute atomic E-state index is 12.5. The molecule has 0 bridgehead atoms. The Morgan fingerprint density at radius 3 is 2.55 bits per heavy atom. The predicted molar refractivity (Wildman–Crippen MR) is 71.3 cm³/mol. The van der Waals surface area contributed by atoms with E-state index < -0.39 is 18.0 Å². The van der Waals surface area contributed by atoms with E-state index in [0.717, 1.165) is 10.5 Å². The first-order chi connectivity index (χ1) is 9.36. The van der Waals surface area contributed by atoms with Crippen molar-refractivity contribution in [2.24, 2.45) is 0 Å².